The fourth-order valence-electron chi connectivity index (χ4n) is 1.49. The second kappa shape index (κ2) is 6.65. The van der Waals surface area contributed by atoms with Gasteiger partial charge < -0.3 is 5.32 Å². The Morgan fingerprint density at radius 2 is 1.72 bits per heavy atom. The summed E-state index contributed by atoms with van der Waals surface area (Å²) in [5.74, 6) is 0.454. The van der Waals surface area contributed by atoms with Gasteiger partial charge in [0.15, 0.2) is 0 Å². The normalized spacial score (nSPS) is 11.8. The number of anilines is 1. The highest BCUT2D eigenvalue weighted by Crippen LogP contribution is 2.13. The summed E-state index contributed by atoms with van der Waals surface area (Å²) in [7, 11) is -3.46. The average molecular weight is 272 g/mol. The van der Waals surface area contributed by atoms with Crippen molar-refractivity contribution in [3.63, 3.8) is 0 Å². The molecule has 0 spiro atoms. The van der Waals surface area contributed by atoms with E-state index in [-0.39, 0.29) is 4.90 Å². The Bertz CT molecular complexity index is 454. The first-order valence-electron chi connectivity index (χ1n) is 6.12. The van der Waals surface area contributed by atoms with Crippen LogP contribution in [0, 0.1) is 0 Å². The molecule has 7 heteroatoms. The van der Waals surface area contributed by atoms with Gasteiger partial charge in [0.05, 0.1) is 12.4 Å². The summed E-state index contributed by atoms with van der Waals surface area (Å²) in [4.78, 5) is 8.14. The smallest absolute Gasteiger partial charge is 0.246 e. The molecule has 0 atom stereocenters. The van der Waals surface area contributed by atoms with E-state index in [4.69, 9.17) is 0 Å². The highest BCUT2D eigenvalue weighted by Gasteiger charge is 2.22. The first-order valence-corrected chi connectivity index (χ1v) is 7.56. The van der Waals surface area contributed by atoms with Crippen molar-refractivity contribution < 1.29 is 8.42 Å². The van der Waals surface area contributed by atoms with Crippen LogP contribution in [0.15, 0.2) is 17.3 Å². The molecule has 0 saturated carbocycles. The lowest BCUT2D eigenvalue weighted by Crippen LogP contribution is -2.30. The molecule has 1 heterocycles. The second-order valence-electron chi connectivity index (χ2n) is 3.76. The van der Waals surface area contributed by atoms with Crippen molar-refractivity contribution >= 4 is 16.0 Å². The van der Waals surface area contributed by atoms with Crippen LogP contribution in [0.3, 0.4) is 0 Å². The van der Waals surface area contributed by atoms with E-state index in [9.17, 15) is 8.42 Å². The maximum absolute atomic E-state index is 12.1. The van der Waals surface area contributed by atoms with Gasteiger partial charge in [0, 0.05) is 19.6 Å². The molecule has 0 bridgehead atoms. The van der Waals surface area contributed by atoms with Crippen molar-refractivity contribution in [2.24, 2.45) is 0 Å². The third kappa shape index (κ3) is 3.39. The van der Waals surface area contributed by atoms with Crippen LogP contribution in [0.4, 0.5) is 5.95 Å². The molecule has 0 aromatic carbocycles. The van der Waals surface area contributed by atoms with Gasteiger partial charge in [-0.05, 0) is 6.42 Å². The fraction of sp³-hybridized carbons (Fsp3) is 0.636. The molecule has 0 fully saturated rings. The van der Waals surface area contributed by atoms with Crippen LogP contribution in [-0.4, -0.2) is 42.3 Å². The molecule has 0 aliphatic carbocycles. The molecule has 0 saturated heterocycles. The molecular formula is C11H20N4O2S. The predicted molar refractivity (Wildman–Crippen MR) is 70.9 cm³/mol. The van der Waals surface area contributed by atoms with E-state index in [0.717, 1.165) is 13.0 Å². The first-order chi connectivity index (χ1) is 8.56. The van der Waals surface area contributed by atoms with E-state index >= 15 is 0 Å². The van der Waals surface area contributed by atoms with E-state index in [1.54, 1.807) is 13.8 Å². The zero-order valence-electron chi connectivity index (χ0n) is 11.0. The van der Waals surface area contributed by atoms with Crippen LogP contribution >= 0.6 is 0 Å². The third-order valence-electron chi connectivity index (χ3n) is 2.50. The van der Waals surface area contributed by atoms with Gasteiger partial charge in [-0.1, -0.05) is 20.8 Å². The van der Waals surface area contributed by atoms with Gasteiger partial charge >= 0.3 is 0 Å². The van der Waals surface area contributed by atoms with Crippen molar-refractivity contribution in [3.8, 4) is 0 Å². The standard InChI is InChI=1S/C11H20N4O2S/c1-4-7-12-11-13-8-10(9-14-11)18(16,17)15(5-2)6-3/h8-9H,4-7H2,1-3H3,(H,12,13,14). The van der Waals surface area contributed by atoms with Gasteiger partial charge in [-0.25, -0.2) is 18.4 Å². The van der Waals surface area contributed by atoms with Gasteiger partial charge in [-0.15, -0.1) is 0 Å². The van der Waals surface area contributed by atoms with Crippen LogP contribution in [0.2, 0.25) is 0 Å². The SMILES string of the molecule is CCCNc1ncc(S(=O)(=O)N(CC)CC)cn1. The molecule has 0 amide bonds. The van der Waals surface area contributed by atoms with Crippen molar-refractivity contribution in [3.05, 3.63) is 12.4 Å². The number of hydrogen-bond acceptors (Lipinski definition) is 5. The molecule has 1 rings (SSSR count). The lowest BCUT2D eigenvalue weighted by atomic mass is 10.5. The third-order valence-corrected chi connectivity index (χ3v) is 4.51. The molecule has 18 heavy (non-hydrogen) atoms. The maximum atomic E-state index is 12.1. The number of nitrogens with one attached hydrogen (secondary N) is 1. The van der Waals surface area contributed by atoms with Crippen LogP contribution < -0.4 is 5.32 Å². The Morgan fingerprint density at radius 1 is 1.17 bits per heavy atom. The molecule has 6 nitrogen and oxygen atoms in total. The summed E-state index contributed by atoms with van der Waals surface area (Å²) < 4.78 is 25.7. The minimum absolute atomic E-state index is 0.133. The monoisotopic (exact) mass is 272 g/mol. The molecule has 1 aromatic heterocycles. The fourth-order valence-corrected chi connectivity index (χ4v) is 2.84. The average Bonchev–Trinajstić information content (AvgIpc) is 2.38. The summed E-state index contributed by atoms with van der Waals surface area (Å²) in [6.45, 7) is 7.29. The second-order valence-corrected chi connectivity index (χ2v) is 5.70. The minimum Gasteiger partial charge on any atom is -0.354 e. The Hall–Kier alpha value is -1.21. The number of nitrogens with zero attached hydrogens (tertiary/aromatic N) is 3. The van der Waals surface area contributed by atoms with Gasteiger partial charge in [0.1, 0.15) is 4.90 Å². The van der Waals surface area contributed by atoms with Crippen molar-refractivity contribution in [1.82, 2.24) is 14.3 Å². The zero-order valence-corrected chi connectivity index (χ0v) is 11.9. The molecule has 0 aliphatic heterocycles. The zero-order chi connectivity index (χ0) is 13.6. The van der Waals surface area contributed by atoms with Crippen molar-refractivity contribution in [2.75, 3.05) is 25.0 Å². The Morgan fingerprint density at radius 3 is 2.17 bits per heavy atom. The first kappa shape index (κ1) is 14.8. The Kier molecular flexibility index (Phi) is 5.49. The molecular weight excluding hydrogens is 252 g/mol. The summed E-state index contributed by atoms with van der Waals surface area (Å²) in [6, 6.07) is 0. The minimum atomic E-state index is -3.46. The van der Waals surface area contributed by atoms with Crippen LogP contribution in [0.5, 0.6) is 0 Å². The highest BCUT2D eigenvalue weighted by molar-refractivity contribution is 7.89. The number of rotatable bonds is 7. The Balaban J connectivity index is 2.90. The molecule has 0 radical (unpaired) electrons. The van der Waals surface area contributed by atoms with E-state index in [1.807, 2.05) is 6.92 Å². The molecule has 1 aromatic rings. The van der Waals surface area contributed by atoms with Gasteiger partial charge in [-0.2, -0.15) is 4.31 Å². The molecule has 102 valence electrons. The van der Waals surface area contributed by atoms with Crippen LogP contribution in [-0.2, 0) is 10.0 Å². The van der Waals surface area contributed by atoms with Gasteiger partial charge in [-0.3, -0.25) is 0 Å². The molecule has 1 N–H and O–H groups in total. The summed E-state index contributed by atoms with van der Waals surface area (Å²) in [6.07, 6.45) is 3.65. The Labute approximate surface area is 108 Å². The van der Waals surface area contributed by atoms with Crippen molar-refractivity contribution in [1.29, 1.82) is 0 Å². The van der Waals surface area contributed by atoms with Crippen LogP contribution in [0.25, 0.3) is 0 Å². The van der Waals surface area contributed by atoms with E-state index in [1.165, 1.54) is 16.7 Å². The predicted octanol–water partition coefficient (Wildman–Crippen LogP) is 1.33. The topological polar surface area (TPSA) is 75.2 Å². The number of aromatic nitrogens is 2. The number of hydrogen-bond donors (Lipinski definition) is 1. The largest absolute Gasteiger partial charge is 0.354 e. The quantitative estimate of drug-likeness (QED) is 0.810. The number of sulfonamides is 1. The van der Waals surface area contributed by atoms with Crippen LogP contribution in [0.1, 0.15) is 27.2 Å². The van der Waals surface area contributed by atoms with Gasteiger partial charge in [0.2, 0.25) is 16.0 Å². The van der Waals surface area contributed by atoms with E-state index < -0.39 is 10.0 Å². The maximum Gasteiger partial charge on any atom is 0.246 e. The van der Waals surface area contributed by atoms with Crippen molar-refractivity contribution in [2.45, 2.75) is 32.1 Å². The molecule has 0 unspecified atom stereocenters. The van der Waals surface area contributed by atoms with Gasteiger partial charge in [0.25, 0.3) is 0 Å². The molecule has 0 aliphatic rings. The van der Waals surface area contributed by atoms with E-state index in [0.29, 0.717) is 19.0 Å². The lowest BCUT2D eigenvalue weighted by Gasteiger charge is -2.17. The summed E-state index contributed by atoms with van der Waals surface area (Å²) >= 11 is 0. The summed E-state index contributed by atoms with van der Waals surface area (Å²) in [5.41, 5.74) is 0. The lowest BCUT2D eigenvalue weighted by molar-refractivity contribution is 0.444. The van der Waals surface area contributed by atoms with E-state index in [2.05, 4.69) is 15.3 Å². The summed E-state index contributed by atoms with van der Waals surface area (Å²) in [5, 5.41) is 3.00. The highest BCUT2D eigenvalue weighted by atomic mass is 32.2.